The predicted molar refractivity (Wildman–Crippen MR) is 118 cm³/mol. The number of nitriles is 1. The van der Waals surface area contributed by atoms with E-state index in [1.54, 1.807) is 24.3 Å². The number of nitrogens with zero attached hydrogens (tertiary/aromatic N) is 3. The number of ether oxygens (including phenoxy) is 1. The maximum atomic E-state index is 13.4. The van der Waals surface area contributed by atoms with Crippen LogP contribution in [0.2, 0.25) is 5.02 Å². The van der Waals surface area contributed by atoms with Crippen LogP contribution in [0.5, 0.6) is 5.75 Å². The van der Waals surface area contributed by atoms with Crippen molar-refractivity contribution in [2.75, 3.05) is 19.4 Å². The molecule has 9 heteroatoms. The van der Waals surface area contributed by atoms with E-state index in [1.807, 2.05) is 25.1 Å². The molecule has 1 amide bonds. The fourth-order valence-electron chi connectivity index (χ4n) is 2.86. The van der Waals surface area contributed by atoms with Crippen molar-refractivity contribution in [1.29, 1.82) is 5.26 Å². The number of methoxy groups -OCH3 is 1. The number of benzene rings is 2. The number of amides is 1. The third kappa shape index (κ3) is 4.75. The highest BCUT2D eigenvalue weighted by atomic mass is 35.5. The summed E-state index contributed by atoms with van der Waals surface area (Å²) in [5.41, 5.74) is 1.65. The third-order valence-electron chi connectivity index (χ3n) is 4.27. The summed E-state index contributed by atoms with van der Waals surface area (Å²) in [7, 11) is 1.53. The molecule has 154 valence electrons. The lowest BCUT2D eigenvalue weighted by atomic mass is 10.2. The second kappa shape index (κ2) is 9.65. The van der Waals surface area contributed by atoms with Gasteiger partial charge in [0.05, 0.1) is 41.9 Å². The highest BCUT2D eigenvalue weighted by molar-refractivity contribution is 7.99. The lowest BCUT2D eigenvalue weighted by molar-refractivity contribution is -0.118. The van der Waals surface area contributed by atoms with Gasteiger partial charge in [0, 0.05) is 11.6 Å². The Kier molecular flexibility index (Phi) is 6.98. The second-order valence-corrected chi connectivity index (χ2v) is 7.80. The normalized spacial score (nSPS) is 10.6. The van der Waals surface area contributed by atoms with Gasteiger partial charge in [-0.2, -0.15) is 5.26 Å². The minimum atomic E-state index is -0.284. The smallest absolute Gasteiger partial charge is 0.266 e. The number of fused-ring (bicyclic) bond motifs is 1. The summed E-state index contributed by atoms with van der Waals surface area (Å²) < 4.78 is 6.91. The first-order chi connectivity index (χ1) is 14.4. The van der Waals surface area contributed by atoms with E-state index in [0.29, 0.717) is 32.5 Å². The van der Waals surface area contributed by atoms with Crippen molar-refractivity contribution < 1.29 is 9.53 Å². The Morgan fingerprint density at radius 2 is 2.13 bits per heavy atom. The first-order valence-corrected chi connectivity index (χ1v) is 10.4. The average Bonchev–Trinajstić information content (AvgIpc) is 2.72. The predicted octanol–water partition coefficient (Wildman–Crippen LogP) is 3.48. The Morgan fingerprint density at radius 1 is 1.33 bits per heavy atom. The Bertz CT molecular complexity index is 1200. The summed E-state index contributed by atoms with van der Waals surface area (Å²) in [4.78, 5) is 30.1. The average molecular weight is 443 g/mol. The zero-order chi connectivity index (χ0) is 21.7. The molecule has 0 spiro atoms. The molecular weight excluding hydrogens is 424 g/mol. The summed E-state index contributed by atoms with van der Waals surface area (Å²) in [6, 6.07) is 12.4. The molecule has 3 aromatic rings. The molecular formula is C21H19ClN4O3S. The number of hydrogen-bond acceptors (Lipinski definition) is 6. The number of aryl methyl sites for hydroxylation is 1. The molecule has 0 aliphatic rings. The van der Waals surface area contributed by atoms with E-state index in [1.165, 1.54) is 11.7 Å². The number of hydrogen-bond donors (Lipinski definition) is 1. The van der Waals surface area contributed by atoms with Crippen LogP contribution >= 0.6 is 23.4 Å². The van der Waals surface area contributed by atoms with E-state index >= 15 is 0 Å². The van der Waals surface area contributed by atoms with Gasteiger partial charge in [-0.15, -0.1) is 0 Å². The minimum absolute atomic E-state index is 0.0398. The van der Waals surface area contributed by atoms with Crippen molar-refractivity contribution in [2.45, 2.75) is 18.5 Å². The largest absolute Gasteiger partial charge is 0.495 e. The Labute approximate surface area is 182 Å². The molecule has 0 fully saturated rings. The highest BCUT2D eigenvalue weighted by Gasteiger charge is 2.18. The molecule has 1 N–H and O–H groups in total. The number of aromatic nitrogens is 2. The van der Waals surface area contributed by atoms with Gasteiger partial charge < -0.3 is 10.1 Å². The van der Waals surface area contributed by atoms with Crippen LogP contribution in [-0.4, -0.2) is 34.9 Å². The standard InChI is InChI=1S/C21H19ClN4O3S/c1-13-4-7-18(29-2)17(10-13)26-20(28)15-6-5-14(22)11-16(15)25-21(26)30-12-19(27)24-9-3-8-23/h4-7,10-11H,3,9,12H2,1-2H3,(H,24,27). The van der Waals surface area contributed by atoms with Crippen LogP contribution in [0.4, 0.5) is 0 Å². The van der Waals surface area contributed by atoms with Crippen LogP contribution in [0.1, 0.15) is 12.0 Å². The van der Waals surface area contributed by atoms with Crippen LogP contribution < -0.4 is 15.6 Å². The molecule has 0 radical (unpaired) electrons. The molecule has 1 aromatic heterocycles. The quantitative estimate of drug-likeness (QED) is 0.342. The van der Waals surface area contributed by atoms with E-state index < -0.39 is 0 Å². The molecule has 0 unspecified atom stereocenters. The number of nitrogens with one attached hydrogen (secondary N) is 1. The molecule has 30 heavy (non-hydrogen) atoms. The summed E-state index contributed by atoms with van der Waals surface area (Å²) >= 11 is 7.21. The van der Waals surface area contributed by atoms with E-state index in [9.17, 15) is 9.59 Å². The molecule has 0 atom stereocenters. The number of carbonyl (C=O) groups excluding carboxylic acids is 1. The summed E-state index contributed by atoms with van der Waals surface area (Å²) in [5.74, 6) is 0.300. The number of carbonyl (C=O) groups is 1. The van der Waals surface area contributed by atoms with Crippen LogP contribution in [0.3, 0.4) is 0 Å². The number of rotatable bonds is 7. The van der Waals surface area contributed by atoms with Crippen molar-refractivity contribution >= 4 is 40.2 Å². The Morgan fingerprint density at radius 3 is 2.87 bits per heavy atom. The van der Waals surface area contributed by atoms with Crippen molar-refractivity contribution in [3.8, 4) is 17.5 Å². The molecule has 0 aliphatic carbocycles. The molecule has 3 rings (SSSR count). The SMILES string of the molecule is COc1ccc(C)cc1-n1c(SCC(=O)NCCC#N)nc2cc(Cl)ccc2c1=O. The zero-order valence-electron chi connectivity index (χ0n) is 16.4. The van der Waals surface area contributed by atoms with Gasteiger partial charge in [-0.1, -0.05) is 29.4 Å². The molecule has 0 saturated heterocycles. The first kappa shape index (κ1) is 21.7. The topological polar surface area (TPSA) is 97.0 Å². The van der Waals surface area contributed by atoms with Gasteiger partial charge in [0.15, 0.2) is 5.16 Å². The van der Waals surface area contributed by atoms with E-state index in [-0.39, 0.29) is 30.2 Å². The van der Waals surface area contributed by atoms with Gasteiger partial charge in [0.1, 0.15) is 5.75 Å². The van der Waals surface area contributed by atoms with Crippen molar-refractivity contribution in [2.24, 2.45) is 0 Å². The number of thioether (sulfide) groups is 1. The minimum Gasteiger partial charge on any atom is -0.495 e. The summed E-state index contributed by atoms with van der Waals surface area (Å²) in [6.07, 6.45) is 0.230. The van der Waals surface area contributed by atoms with Crippen LogP contribution in [0.15, 0.2) is 46.3 Å². The van der Waals surface area contributed by atoms with Crippen molar-refractivity contribution in [3.63, 3.8) is 0 Å². The van der Waals surface area contributed by atoms with Gasteiger partial charge in [0.25, 0.3) is 5.56 Å². The van der Waals surface area contributed by atoms with Gasteiger partial charge >= 0.3 is 0 Å². The highest BCUT2D eigenvalue weighted by Crippen LogP contribution is 2.28. The van der Waals surface area contributed by atoms with Gasteiger partial charge in [-0.3, -0.25) is 14.2 Å². The summed E-state index contributed by atoms with van der Waals surface area (Å²) in [5, 5.41) is 12.5. The lowest BCUT2D eigenvalue weighted by Gasteiger charge is -2.16. The van der Waals surface area contributed by atoms with Crippen molar-refractivity contribution in [3.05, 3.63) is 57.3 Å². The Balaban J connectivity index is 2.11. The molecule has 0 aliphatic heterocycles. The van der Waals surface area contributed by atoms with Crippen LogP contribution in [0.25, 0.3) is 16.6 Å². The fraction of sp³-hybridized carbons (Fsp3) is 0.238. The molecule has 7 nitrogen and oxygen atoms in total. The van der Waals surface area contributed by atoms with Crippen LogP contribution in [0, 0.1) is 18.3 Å². The molecule has 2 aromatic carbocycles. The van der Waals surface area contributed by atoms with E-state index in [4.69, 9.17) is 21.6 Å². The van der Waals surface area contributed by atoms with Crippen LogP contribution in [-0.2, 0) is 4.79 Å². The van der Waals surface area contributed by atoms with Gasteiger partial charge in [-0.05, 0) is 42.8 Å². The maximum absolute atomic E-state index is 13.4. The monoisotopic (exact) mass is 442 g/mol. The zero-order valence-corrected chi connectivity index (χ0v) is 18.0. The number of halogens is 1. The maximum Gasteiger partial charge on any atom is 0.266 e. The fourth-order valence-corrected chi connectivity index (χ4v) is 3.86. The van der Waals surface area contributed by atoms with Gasteiger partial charge in [0.2, 0.25) is 5.91 Å². The lowest BCUT2D eigenvalue weighted by Crippen LogP contribution is -2.27. The molecule has 0 bridgehead atoms. The van der Waals surface area contributed by atoms with Crippen molar-refractivity contribution in [1.82, 2.24) is 14.9 Å². The summed E-state index contributed by atoms with van der Waals surface area (Å²) in [6.45, 7) is 2.19. The Hall–Kier alpha value is -3.02. The third-order valence-corrected chi connectivity index (χ3v) is 5.44. The van der Waals surface area contributed by atoms with E-state index in [0.717, 1.165) is 17.3 Å². The van der Waals surface area contributed by atoms with E-state index in [2.05, 4.69) is 10.3 Å². The van der Waals surface area contributed by atoms with Gasteiger partial charge in [-0.25, -0.2) is 4.98 Å². The molecule has 1 heterocycles. The molecule has 0 saturated carbocycles. The second-order valence-electron chi connectivity index (χ2n) is 6.42. The first-order valence-electron chi connectivity index (χ1n) is 9.08.